The molecule has 5 heteroatoms. The lowest BCUT2D eigenvalue weighted by Crippen LogP contribution is -1.99. The predicted octanol–water partition coefficient (Wildman–Crippen LogP) is 2.91. The molecule has 1 aromatic rings. The number of benzene rings is 1. The highest BCUT2D eigenvalue weighted by atomic mass is 79.9. The van der Waals surface area contributed by atoms with Crippen molar-refractivity contribution in [2.45, 2.75) is 13.5 Å². The number of hydrogen-bond acceptors (Lipinski definition) is 4. The van der Waals surface area contributed by atoms with Crippen LogP contribution in [-0.4, -0.2) is 5.97 Å². The van der Waals surface area contributed by atoms with Crippen molar-refractivity contribution in [3.63, 3.8) is 0 Å². The average molecular weight is 258 g/mol. The molecule has 14 heavy (non-hydrogen) atoms. The summed E-state index contributed by atoms with van der Waals surface area (Å²) in [6.07, 6.45) is 0. The van der Waals surface area contributed by atoms with Crippen molar-refractivity contribution in [3.05, 3.63) is 33.1 Å². The standard InChI is InChI=1S/C9H8BrNO3/c1-6(12)14-5-7-8(10)3-2-4-9(7)11-13/h2-4H,5H2,1H3. The second kappa shape index (κ2) is 4.85. The van der Waals surface area contributed by atoms with E-state index in [1.165, 1.54) is 6.92 Å². The van der Waals surface area contributed by atoms with Gasteiger partial charge in [0.05, 0.1) is 0 Å². The minimum absolute atomic E-state index is 0.0534. The van der Waals surface area contributed by atoms with Crippen LogP contribution in [0.3, 0.4) is 0 Å². The van der Waals surface area contributed by atoms with Gasteiger partial charge in [-0.05, 0) is 17.3 Å². The van der Waals surface area contributed by atoms with Crippen LogP contribution in [-0.2, 0) is 16.1 Å². The minimum Gasteiger partial charge on any atom is -0.461 e. The maximum absolute atomic E-state index is 10.6. The molecule has 0 N–H and O–H groups in total. The zero-order chi connectivity index (χ0) is 10.6. The van der Waals surface area contributed by atoms with Gasteiger partial charge in [0, 0.05) is 17.0 Å². The van der Waals surface area contributed by atoms with Crippen LogP contribution < -0.4 is 0 Å². The van der Waals surface area contributed by atoms with E-state index in [0.717, 1.165) is 0 Å². The number of nitroso groups, excluding NO2 is 1. The van der Waals surface area contributed by atoms with E-state index in [1.807, 2.05) is 0 Å². The number of ether oxygens (including phenoxy) is 1. The number of carbonyl (C=O) groups excluding carboxylic acids is 1. The summed E-state index contributed by atoms with van der Waals surface area (Å²) in [6, 6.07) is 5.02. The SMILES string of the molecule is CC(=O)OCc1c(Br)cccc1N=O. The second-order valence-corrected chi connectivity index (χ2v) is 3.46. The summed E-state index contributed by atoms with van der Waals surface area (Å²) < 4.78 is 5.49. The lowest BCUT2D eigenvalue weighted by molar-refractivity contribution is -0.142. The van der Waals surface area contributed by atoms with E-state index in [9.17, 15) is 9.70 Å². The van der Waals surface area contributed by atoms with Crippen LogP contribution in [0.25, 0.3) is 0 Å². The smallest absolute Gasteiger partial charge is 0.302 e. The largest absolute Gasteiger partial charge is 0.461 e. The predicted molar refractivity (Wildman–Crippen MR) is 55.1 cm³/mol. The summed E-state index contributed by atoms with van der Waals surface area (Å²) in [6.45, 7) is 1.36. The molecule has 0 amide bonds. The number of nitrogens with zero attached hydrogens (tertiary/aromatic N) is 1. The highest BCUT2D eigenvalue weighted by Gasteiger charge is 2.08. The van der Waals surface area contributed by atoms with Crippen molar-refractivity contribution in [2.75, 3.05) is 0 Å². The summed E-state index contributed by atoms with van der Waals surface area (Å²) in [5, 5.41) is 2.84. The Morgan fingerprint density at radius 1 is 1.57 bits per heavy atom. The van der Waals surface area contributed by atoms with Gasteiger partial charge in [0.15, 0.2) is 0 Å². The van der Waals surface area contributed by atoms with Crippen molar-refractivity contribution in [1.29, 1.82) is 0 Å². The Kier molecular flexibility index (Phi) is 3.76. The molecule has 0 aliphatic carbocycles. The zero-order valence-electron chi connectivity index (χ0n) is 7.49. The summed E-state index contributed by atoms with van der Waals surface area (Å²) >= 11 is 3.25. The van der Waals surface area contributed by atoms with Gasteiger partial charge in [0.25, 0.3) is 0 Å². The maximum Gasteiger partial charge on any atom is 0.302 e. The van der Waals surface area contributed by atoms with Crippen molar-refractivity contribution in [2.24, 2.45) is 5.18 Å². The van der Waals surface area contributed by atoms with Crippen LogP contribution in [0.15, 0.2) is 27.8 Å². The monoisotopic (exact) mass is 257 g/mol. The Balaban J connectivity index is 2.93. The molecular weight excluding hydrogens is 250 g/mol. The first-order chi connectivity index (χ1) is 6.65. The van der Waals surface area contributed by atoms with Crippen LogP contribution in [0.1, 0.15) is 12.5 Å². The third-order valence-electron chi connectivity index (χ3n) is 1.61. The summed E-state index contributed by atoms with van der Waals surface area (Å²) in [5.41, 5.74) is 0.860. The first-order valence-corrected chi connectivity index (χ1v) is 4.68. The molecule has 0 bridgehead atoms. The van der Waals surface area contributed by atoms with E-state index in [0.29, 0.717) is 10.0 Å². The molecule has 0 aliphatic rings. The fourth-order valence-corrected chi connectivity index (χ4v) is 1.42. The molecule has 0 spiro atoms. The molecule has 0 heterocycles. The topological polar surface area (TPSA) is 55.7 Å². The van der Waals surface area contributed by atoms with E-state index >= 15 is 0 Å². The van der Waals surface area contributed by atoms with Crippen LogP contribution in [0.4, 0.5) is 5.69 Å². The van der Waals surface area contributed by atoms with Gasteiger partial charge in [0.2, 0.25) is 0 Å². The third-order valence-corrected chi connectivity index (χ3v) is 2.36. The van der Waals surface area contributed by atoms with Gasteiger partial charge in [0.1, 0.15) is 12.3 Å². The van der Waals surface area contributed by atoms with Crippen molar-refractivity contribution in [3.8, 4) is 0 Å². The number of rotatable bonds is 3. The minimum atomic E-state index is -0.391. The number of carbonyl (C=O) groups is 1. The molecule has 0 radical (unpaired) electrons. The van der Waals surface area contributed by atoms with E-state index in [4.69, 9.17) is 4.74 Å². The highest BCUT2D eigenvalue weighted by molar-refractivity contribution is 9.10. The average Bonchev–Trinajstić information content (AvgIpc) is 2.15. The van der Waals surface area contributed by atoms with Crippen molar-refractivity contribution >= 4 is 27.6 Å². The molecule has 74 valence electrons. The van der Waals surface area contributed by atoms with Crippen LogP contribution in [0.5, 0.6) is 0 Å². The first kappa shape index (κ1) is 10.8. The summed E-state index contributed by atoms with van der Waals surface area (Å²) in [7, 11) is 0. The number of hydrogen-bond donors (Lipinski definition) is 0. The normalized spacial score (nSPS) is 9.57. The molecule has 0 atom stereocenters. The Morgan fingerprint density at radius 3 is 2.86 bits per heavy atom. The van der Waals surface area contributed by atoms with E-state index in [-0.39, 0.29) is 12.3 Å². The lowest BCUT2D eigenvalue weighted by atomic mass is 10.2. The van der Waals surface area contributed by atoms with Gasteiger partial charge in [-0.3, -0.25) is 4.79 Å². The molecule has 0 aliphatic heterocycles. The first-order valence-electron chi connectivity index (χ1n) is 3.89. The maximum atomic E-state index is 10.6. The van der Waals surface area contributed by atoms with Crippen LogP contribution >= 0.6 is 15.9 Å². The summed E-state index contributed by atoms with van der Waals surface area (Å²) in [4.78, 5) is 21.0. The number of halogens is 1. The van der Waals surface area contributed by atoms with Gasteiger partial charge in [-0.15, -0.1) is 4.91 Å². The fourth-order valence-electron chi connectivity index (χ4n) is 0.949. The van der Waals surface area contributed by atoms with Gasteiger partial charge >= 0.3 is 5.97 Å². The molecule has 4 nitrogen and oxygen atoms in total. The molecule has 0 saturated carbocycles. The highest BCUT2D eigenvalue weighted by Crippen LogP contribution is 2.27. The molecule has 1 rings (SSSR count). The van der Waals surface area contributed by atoms with E-state index in [1.54, 1.807) is 18.2 Å². The molecule has 0 saturated heterocycles. The summed E-state index contributed by atoms with van der Waals surface area (Å²) in [5.74, 6) is -0.391. The molecular formula is C9H8BrNO3. The van der Waals surface area contributed by atoms with Crippen molar-refractivity contribution in [1.82, 2.24) is 0 Å². The molecule has 0 aromatic heterocycles. The molecule has 0 fully saturated rings. The third kappa shape index (κ3) is 2.63. The van der Waals surface area contributed by atoms with Gasteiger partial charge in [-0.1, -0.05) is 22.0 Å². The Morgan fingerprint density at radius 2 is 2.29 bits per heavy atom. The van der Waals surface area contributed by atoms with Crippen LogP contribution in [0.2, 0.25) is 0 Å². The zero-order valence-corrected chi connectivity index (χ0v) is 9.08. The quantitative estimate of drug-likeness (QED) is 0.618. The van der Waals surface area contributed by atoms with E-state index < -0.39 is 5.97 Å². The van der Waals surface area contributed by atoms with Gasteiger partial charge < -0.3 is 4.74 Å². The van der Waals surface area contributed by atoms with Crippen molar-refractivity contribution < 1.29 is 9.53 Å². The lowest BCUT2D eigenvalue weighted by Gasteiger charge is -2.05. The number of esters is 1. The molecule has 1 aromatic carbocycles. The second-order valence-electron chi connectivity index (χ2n) is 2.61. The fraction of sp³-hybridized carbons (Fsp3) is 0.222. The van der Waals surface area contributed by atoms with Gasteiger partial charge in [-0.25, -0.2) is 0 Å². The van der Waals surface area contributed by atoms with E-state index in [2.05, 4.69) is 21.1 Å². The van der Waals surface area contributed by atoms with Gasteiger partial charge in [-0.2, -0.15) is 0 Å². The van der Waals surface area contributed by atoms with Crippen LogP contribution in [0, 0.1) is 4.91 Å². The molecule has 0 unspecified atom stereocenters. The Labute approximate surface area is 89.4 Å². The Hall–Kier alpha value is -1.23. The Bertz CT molecular complexity index is 365.